The number of nitrogens with one attached hydrogen (secondary N) is 1. The molecule has 2 unspecified atom stereocenters. The van der Waals surface area contributed by atoms with Crippen LogP contribution < -0.4 is 14.8 Å². The summed E-state index contributed by atoms with van der Waals surface area (Å²) in [5, 5.41) is 3.33. The summed E-state index contributed by atoms with van der Waals surface area (Å²) in [7, 11) is 2.39. The van der Waals surface area contributed by atoms with Gasteiger partial charge in [-0.1, -0.05) is 6.92 Å². The first-order valence-corrected chi connectivity index (χ1v) is 7.60. The molecule has 0 bridgehead atoms. The van der Waals surface area contributed by atoms with Crippen molar-refractivity contribution < 1.29 is 13.7 Å². The van der Waals surface area contributed by atoms with Crippen LogP contribution in [0, 0.1) is 0 Å². The molecule has 18 heavy (non-hydrogen) atoms. The average molecular weight is 271 g/mol. The van der Waals surface area contributed by atoms with Crippen LogP contribution in [0.4, 0.5) is 0 Å². The van der Waals surface area contributed by atoms with E-state index in [1.54, 1.807) is 20.5 Å². The molecule has 0 amide bonds. The van der Waals surface area contributed by atoms with E-state index in [0.717, 1.165) is 23.6 Å². The molecule has 1 N–H and O–H groups in total. The Labute approximate surface area is 111 Å². The van der Waals surface area contributed by atoms with E-state index in [4.69, 9.17) is 9.47 Å². The molecular weight excluding hydrogens is 250 g/mol. The molecule has 0 aliphatic carbocycles. The van der Waals surface area contributed by atoms with Crippen molar-refractivity contribution in [1.29, 1.82) is 0 Å². The molecule has 0 aliphatic rings. The van der Waals surface area contributed by atoms with E-state index in [9.17, 15) is 4.21 Å². The van der Waals surface area contributed by atoms with Crippen LogP contribution in [0.2, 0.25) is 0 Å². The zero-order valence-electron chi connectivity index (χ0n) is 11.4. The number of hydrogen-bond acceptors (Lipinski definition) is 4. The number of rotatable bonds is 7. The van der Waals surface area contributed by atoms with Crippen LogP contribution in [0.25, 0.3) is 0 Å². The van der Waals surface area contributed by atoms with Crippen LogP contribution in [0.1, 0.15) is 18.5 Å². The van der Waals surface area contributed by atoms with Gasteiger partial charge in [0.15, 0.2) is 0 Å². The van der Waals surface area contributed by atoms with Crippen LogP contribution >= 0.6 is 0 Å². The van der Waals surface area contributed by atoms with Crippen molar-refractivity contribution in [3.05, 3.63) is 23.8 Å². The second-order valence-corrected chi connectivity index (χ2v) is 5.44. The normalized spacial score (nSPS) is 14.0. The van der Waals surface area contributed by atoms with E-state index >= 15 is 0 Å². The highest BCUT2D eigenvalue weighted by atomic mass is 32.2. The van der Waals surface area contributed by atoms with Crippen LogP contribution in [-0.2, 0) is 10.8 Å². The minimum absolute atomic E-state index is 0.00545. The second kappa shape index (κ2) is 7.38. The summed E-state index contributed by atoms with van der Waals surface area (Å²) in [6, 6.07) is 5.66. The topological polar surface area (TPSA) is 47.6 Å². The fourth-order valence-corrected chi connectivity index (χ4v) is 2.62. The van der Waals surface area contributed by atoms with Gasteiger partial charge in [0.25, 0.3) is 0 Å². The minimum atomic E-state index is -0.875. The molecule has 102 valence electrons. The average Bonchev–Trinajstić information content (AvgIpc) is 2.37. The number of ether oxygens (including phenoxy) is 2. The zero-order valence-corrected chi connectivity index (χ0v) is 12.2. The van der Waals surface area contributed by atoms with Gasteiger partial charge in [-0.05, 0) is 24.7 Å². The lowest BCUT2D eigenvalue weighted by molar-refractivity contribution is 0.392. The van der Waals surface area contributed by atoms with E-state index in [1.807, 2.05) is 25.1 Å². The molecule has 0 heterocycles. The van der Waals surface area contributed by atoms with Crippen molar-refractivity contribution in [2.75, 3.05) is 32.8 Å². The Kier molecular flexibility index (Phi) is 6.15. The summed E-state index contributed by atoms with van der Waals surface area (Å²) in [5.74, 6) is 2.11. The van der Waals surface area contributed by atoms with Gasteiger partial charge in [-0.15, -0.1) is 0 Å². The van der Waals surface area contributed by atoms with Gasteiger partial charge in [-0.2, -0.15) is 0 Å². The molecule has 0 fully saturated rings. The van der Waals surface area contributed by atoms with E-state index in [-0.39, 0.29) is 6.04 Å². The molecule has 2 atom stereocenters. The standard InChI is InChI=1S/C13H21NO3S/c1-5-14-12(9-18(4)15)11-8-10(16-2)6-7-13(11)17-3/h6-8,12,14H,5,9H2,1-4H3. The van der Waals surface area contributed by atoms with Crippen LogP contribution in [-0.4, -0.2) is 37.0 Å². The maximum absolute atomic E-state index is 11.5. The molecule has 1 rings (SSSR count). The maximum atomic E-state index is 11.5. The molecular formula is C13H21NO3S. The summed E-state index contributed by atoms with van der Waals surface area (Å²) in [6.07, 6.45) is 1.71. The van der Waals surface area contributed by atoms with Gasteiger partial charge < -0.3 is 14.8 Å². The summed E-state index contributed by atoms with van der Waals surface area (Å²) in [6.45, 7) is 2.83. The highest BCUT2D eigenvalue weighted by Crippen LogP contribution is 2.29. The third-order valence-corrected chi connectivity index (χ3v) is 3.47. The van der Waals surface area contributed by atoms with Gasteiger partial charge in [0.05, 0.1) is 14.2 Å². The Morgan fingerprint density at radius 3 is 2.56 bits per heavy atom. The molecule has 1 aromatic rings. The lowest BCUT2D eigenvalue weighted by atomic mass is 10.1. The van der Waals surface area contributed by atoms with Gasteiger partial charge in [-0.3, -0.25) is 4.21 Å². The first-order chi connectivity index (χ1) is 8.62. The maximum Gasteiger partial charge on any atom is 0.123 e. The molecule has 0 radical (unpaired) electrons. The summed E-state index contributed by atoms with van der Waals surface area (Å²) in [4.78, 5) is 0. The van der Waals surface area contributed by atoms with Crippen molar-refractivity contribution in [2.24, 2.45) is 0 Å². The Hall–Kier alpha value is -1.07. The monoisotopic (exact) mass is 271 g/mol. The van der Waals surface area contributed by atoms with E-state index in [1.165, 1.54) is 0 Å². The third kappa shape index (κ3) is 3.99. The Bertz CT molecular complexity index is 409. The van der Waals surface area contributed by atoms with Gasteiger partial charge in [0.1, 0.15) is 11.5 Å². The Morgan fingerprint density at radius 1 is 1.33 bits per heavy atom. The van der Waals surface area contributed by atoms with Crippen LogP contribution in [0.3, 0.4) is 0 Å². The largest absolute Gasteiger partial charge is 0.497 e. The first kappa shape index (κ1) is 15.0. The lowest BCUT2D eigenvalue weighted by Gasteiger charge is -2.20. The zero-order chi connectivity index (χ0) is 13.5. The number of methoxy groups -OCH3 is 2. The highest BCUT2D eigenvalue weighted by molar-refractivity contribution is 7.84. The third-order valence-electron chi connectivity index (χ3n) is 2.66. The molecule has 5 heteroatoms. The molecule has 0 saturated heterocycles. The fourth-order valence-electron chi connectivity index (χ4n) is 1.85. The predicted octanol–water partition coefficient (Wildman–Crippen LogP) is 1.73. The van der Waals surface area contributed by atoms with E-state index < -0.39 is 10.8 Å². The van der Waals surface area contributed by atoms with Gasteiger partial charge in [-0.25, -0.2) is 0 Å². The molecule has 1 aromatic carbocycles. The van der Waals surface area contributed by atoms with Crippen molar-refractivity contribution in [2.45, 2.75) is 13.0 Å². The van der Waals surface area contributed by atoms with Crippen molar-refractivity contribution in [3.63, 3.8) is 0 Å². The predicted molar refractivity (Wildman–Crippen MR) is 74.9 cm³/mol. The smallest absolute Gasteiger partial charge is 0.123 e. The number of hydrogen-bond donors (Lipinski definition) is 1. The minimum Gasteiger partial charge on any atom is -0.497 e. The quantitative estimate of drug-likeness (QED) is 0.820. The lowest BCUT2D eigenvalue weighted by Crippen LogP contribution is -2.26. The molecule has 0 aromatic heterocycles. The Morgan fingerprint density at radius 2 is 2.06 bits per heavy atom. The van der Waals surface area contributed by atoms with E-state index in [0.29, 0.717) is 5.75 Å². The van der Waals surface area contributed by atoms with Crippen molar-refractivity contribution in [3.8, 4) is 11.5 Å². The fraction of sp³-hybridized carbons (Fsp3) is 0.538. The second-order valence-electron chi connectivity index (χ2n) is 3.96. The van der Waals surface area contributed by atoms with Crippen molar-refractivity contribution in [1.82, 2.24) is 5.32 Å². The van der Waals surface area contributed by atoms with E-state index in [2.05, 4.69) is 5.32 Å². The van der Waals surface area contributed by atoms with Gasteiger partial charge in [0.2, 0.25) is 0 Å². The van der Waals surface area contributed by atoms with Crippen LogP contribution in [0.15, 0.2) is 18.2 Å². The summed E-state index contributed by atoms with van der Waals surface area (Å²) < 4.78 is 22.0. The molecule has 4 nitrogen and oxygen atoms in total. The first-order valence-electron chi connectivity index (χ1n) is 5.87. The molecule has 0 aliphatic heterocycles. The Balaban J connectivity index is 3.10. The highest BCUT2D eigenvalue weighted by Gasteiger charge is 2.17. The van der Waals surface area contributed by atoms with Gasteiger partial charge in [0, 0.05) is 34.4 Å². The summed E-state index contributed by atoms with van der Waals surface area (Å²) in [5.41, 5.74) is 0.980. The molecule has 0 saturated carbocycles. The van der Waals surface area contributed by atoms with Gasteiger partial charge >= 0.3 is 0 Å². The molecule has 0 spiro atoms. The summed E-state index contributed by atoms with van der Waals surface area (Å²) >= 11 is 0. The van der Waals surface area contributed by atoms with Crippen LogP contribution in [0.5, 0.6) is 11.5 Å². The SMILES string of the molecule is CCNC(CS(C)=O)c1cc(OC)ccc1OC. The van der Waals surface area contributed by atoms with Crippen molar-refractivity contribution >= 4 is 10.8 Å². The number of benzene rings is 1.